The number of anilines is 9. The maximum atomic E-state index is 6.81. The van der Waals surface area contributed by atoms with Crippen molar-refractivity contribution in [3.8, 4) is 11.5 Å². The zero-order valence-electron chi connectivity index (χ0n) is 43.6. The van der Waals surface area contributed by atoms with Crippen LogP contribution in [0.2, 0.25) is 0 Å². The van der Waals surface area contributed by atoms with Gasteiger partial charge in [-0.1, -0.05) is 203 Å². The second-order valence-electron chi connectivity index (χ2n) is 20.3. The highest BCUT2D eigenvalue weighted by Gasteiger charge is 2.37. The first kappa shape index (κ1) is 49.0. The van der Waals surface area contributed by atoms with Gasteiger partial charge in [0.05, 0.1) is 11.4 Å². The first-order valence-electron chi connectivity index (χ1n) is 26.4. The molecule has 368 valence electrons. The van der Waals surface area contributed by atoms with Gasteiger partial charge in [0.2, 0.25) is 6.71 Å². The van der Waals surface area contributed by atoms with Crippen molar-refractivity contribution in [1.29, 1.82) is 0 Å². The summed E-state index contributed by atoms with van der Waals surface area (Å²) in [6.45, 7) is 14.1. The van der Waals surface area contributed by atoms with Crippen molar-refractivity contribution >= 4 is 86.0 Å². The number of hydrogen-bond donors (Lipinski definition) is 0. The second-order valence-corrected chi connectivity index (χ2v) is 21.4. The molecule has 0 radical (unpaired) electrons. The molecule has 0 aromatic heterocycles. The Morgan fingerprint density at radius 1 is 0.320 bits per heavy atom. The molecule has 0 atom stereocenters. The number of fused-ring (bicyclic) bond motifs is 2. The van der Waals surface area contributed by atoms with Crippen molar-refractivity contribution in [1.82, 2.24) is 0 Å². The van der Waals surface area contributed by atoms with Gasteiger partial charge in [0, 0.05) is 61.7 Å². The Kier molecular flexibility index (Phi) is 14.2. The van der Waals surface area contributed by atoms with Crippen LogP contribution in [-0.4, -0.2) is 6.71 Å². The van der Waals surface area contributed by atoms with E-state index in [-0.39, 0.29) is 6.71 Å². The average Bonchev–Trinajstić information content (AvgIpc) is 3.44. The van der Waals surface area contributed by atoms with Gasteiger partial charge in [0.15, 0.2) is 0 Å². The van der Waals surface area contributed by atoms with E-state index in [9.17, 15) is 0 Å². The Hall–Kier alpha value is -8.19. The van der Waals surface area contributed by atoms with E-state index in [0.29, 0.717) is 17.8 Å². The minimum Gasteiger partial charge on any atom is -0.457 e. The number of para-hydroxylation sites is 6. The second kappa shape index (κ2) is 21.7. The van der Waals surface area contributed by atoms with Crippen molar-refractivity contribution < 1.29 is 4.74 Å². The lowest BCUT2D eigenvalue weighted by Crippen LogP contribution is -2.57. The molecule has 0 aliphatic carbocycles. The minimum absolute atomic E-state index is 0.00180. The van der Waals surface area contributed by atoms with E-state index < -0.39 is 0 Å². The van der Waals surface area contributed by atoms with Crippen LogP contribution >= 0.6 is 11.8 Å². The van der Waals surface area contributed by atoms with Crippen LogP contribution in [-0.2, 0) is 0 Å². The smallest absolute Gasteiger partial charge is 0.244 e. The summed E-state index contributed by atoms with van der Waals surface area (Å²) in [6.07, 6.45) is 0. The fraction of sp³-hybridized carbons (Fsp3) is 0.130. The van der Waals surface area contributed by atoms with Crippen molar-refractivity contribution in [3.05, 3.63) is 265 Å². The largest absolute Gasteiger partial charge is 0.457 e. The molecule has 1 heterocycles. The third-order valence-corrected chi connectivity index (χ3v) is 15.4. The number of rotatable bonds is 15. The summed E-state index contributed by atoms with van der Waals surface area (Å²) in [5, 5.41) is 0. The third kappa shape index (κ3) is 10.2. The Morgan fingerprint density at radius 2 is 0.667 bits per heavy atom. The highest BCUT2D eigenvalue weighted by Crippen LogP contribution is 2.46. The van der Waals surface area contributed by atoms with Crippen molar-refractivity contribution in [2.45, 2.75) is 69.1 Å². The van der Waals surface area contributed by atoms with E-state index in [1.54, 1.807) is 0 Å². The molecule has 10 aromatic rings. The molecule has 4 nitrogen and oxygen atoms in total. The summed E-state index contributed by atoms with van der Waals surface area (Å²) in [5.74, 6) is 2.56. The predicted octanol–water partition coefficient (Wildman–Crippen LogP) is 18.2. The summed E-state index contributed by atoms with van der Waals surface area (Å²) in [5.41, 5.74) is 17.8. The van der Waals surface area contributed by atoms with Crippen molar-refractivity contribution in [2.75, 3.05) is 14.7 Å². The van der Waals surface area contributed by atoms with Crippen LogP contribution in [0.3, 0.4) is 0 Å². The molecule has 0 N–H and O–H groups in total. The van der Waals surface area contributed by atoms with Crippen LogP contribution in [0.4, 0.5) is 51.2 Å². The van der Waals surface area contributed by atoms with Gasteiger partial charge in [0.25, 0.3) is 0 Å². The van der Waals surface area contributed by atoms with Gasteiger partial charge in [-0.05, 0) is 138 Å². The number of nitrogens with zero attached hydrogens (tertiary/aromatic N) is 3. The maximum Gasteiger partial charge on any atom is 0.244 e. The van der Waals surface area contributed by atoms with Crippen LogP contribution in [0.5, 0.6) is 11.5 Å². The third-order valence-electron chi connectivity index (χ3n) is 14.3. The molecule has 75 heavy (non-hydrogen) atoms. The van der Waals surface area contributed by atoms with E-state index in [0.717, 1.165) is 62.7 Å². The van der Waals surface area contributed by atoms with E-state index >= 15 is 0 Å². The summed E-state index contributed by atoms with van der Waals surface area (Å²) >= 11 is 1.88. The molecule has 10 aromatic carbocycles. The lowest BCUT2D eigenvalue weighted by atomic mass is 9.34. The summed E-state index contributed by atoms with van der Waals surface area (Å²) in [4.78, 5) is 9.57. The normalized spacial score (nSPS) is 11.9. The van der Waals surface area contributed by atoms with Gasteiger partial charge < -0.3 is 19.4 Å². The molecule has 1 aliphatic heterocycles. The van der Waals surface area contributed by atoms with E-state index in [4.69, 9.17) is 4.74 Å². The zero-order valence-corrected chi connectivity index (χ0v) is 44.5. The average molecular weight is 992 g/mol. The fourth-order valence-corrected chi connectivity index (χ4v) is 11.9. The lowest BCUT2D eigenvalue weighted by Gasteiger charge is -2.34. The molecular weight excluding hydrogens is 930 g/mol. The summed E-state index contributed by atoms with van der Waals surface area (Å²) in [7, 11) is 0. The van der Waals surface area contributed by atoms with E-state index in [1.807, 2.05) is 42.1 Å². The molecule has 0 saturated heterocycles. The Labute approximate surface area is 449 Å². The molecule has 1 aliphatic rings. The number of hydrogen-bond acceptors (Lipinski definition) is 5. The highest BCUT2D eigenvalue weighted by atomic mass is 32.2. The van der Waals surface area contributed by atoms with Gasteiger partial charge in [-0.25, -0.2) is 0 Å². The van der Waals surface area contributed by atoms with Crippen LogP contribution in [0, 0.1) is 0 Å². The summed E-state index contributed by atoms with van der Waals surface area (Å²) in [6, 6.07) is 89.5. The van der Waals surface area contributed by atoms with Gasteiger partial charge in [-0.15, -0.1) is 0 Å². The molecule has 0 spiro atoms. The SMILES string of the molecule is CC(C)c1cc(C(C)C)c(B2c3ccc(N(c4ccccc4)c4ccccc4)cc3Sc3cc(N(c4ccccc4)c4cc(Oc5ccccc5)cc(N(c5ccccc5)c5ccccc5)c4)ccc32)c(C(C)C)c1. The molecule has 0 bridgehead atoms. The Morgan fingerprint density at radius 3 is 1.03 bits per heavy atom. The Bertz CT molecular complexity index is 3430. The van der Waals surface area contributed by atoms with Crippen LogP contribution in [0.25, 0.3) is 0 Å². The number of benzene rings is 10. The molecule has 0 amide bonds. The molecule has 11 rings (SSSR count). The van der Waals surface area contributed by atoms with Gasteiger partial charge in [-0.3, -0.25) is 0 Å². The van der Waals surface area contributed by atoms with E-state index in [2.05, 4.69) is 275 Å². The minimum atomic E-state index is 0.00180. The van der Waals surface area contributed by atoms with Crippen LogP contribution in [0.1, 0.15) is 76.0 Å². The van der Waals surface area contributed by atoms with Gasteiger partial charge >= 0.3 is 0 Å². The monoisotopic (exact) mass is 991 g/mol. The first-order chi connectivity index (χ1) is 36.7. The molecule has 0 fully saturated rings. The molecule has 0 saturated carbocycles. The maximum absolute atomic E-state index is 6.81. The van der Waals surface area contributed by atoms with Crippen molar-refractivity contribution in [2.24, 2.45) is 0 Å². The zero-order chi connectivity index (χ0) is 51.4. The lowest BCUT2D eigenvalue weighted by molar-refractivity contribution is 0.483. The molecule has 6 heteroatoms. The van der Waals surface area contributed by atoms with Crippen LogP contribution < -0.4 is 35.8 Å². The number of ether oxygens (including phenoxy) is 1. The highest BCUT2D eigenvalue weighted by molar-refractivity contribution is 8.00. The molecule has 0 unspecified atom stereocenters. The fourth-order valence-electron chi connectivity index (χ4n) is 10.7. The Balaban J connectivity index is 1.13. The van der Waals surface area contributed by atoms with Crippen LogP contribution in [0.15, 0.2) is 259 Å². The quantitative estimate of drug-likeness (QED) is 0.0950. The summed E-state index contributed by atoms with van der Waals surface area (Å²) < 4.78 is 6.81. The van der Waals surface area contributed by atoms with E-state index in [1.165, 1.54) is 42.9 Å². The predicted molar refractivity (Wildman–Crippen MR) is 321 cm³/mol. The van der Waals surface area contributed by atoms with Crippen molar-refractivity contribution in [3.63, 3.8) is 0 Å². The van der Waals surface area contributed by atoms with Gasteiger partial charge in [-0.2, -0.15) is 0 Å². The molecular formula is C69H62BN3OS. The topological polar surface area (TPSA) is 19.0 Å². The van der Waals surface area contributed by atoms with Gasteiger partial charge in [0.1, 0.15) is 11.5 Å². The standard InChI is InChI=1S/C69H62BN3OS/c1-48(2)51-41-63(49(3)4)69(64(42-51)50(5)6)70-65-39-37-57(71(52-25-13-7-14-26-52)53-27-15-8-16-28-53)46-67(65)75-68-47-58(38-40-66(68)70)73(56-33-21-11-22-34-56)60-43-59(44-62(45-60)74-61-35-23-12-24-36-61)72(54-29-17-9-18-30-54)55-31-19-10-20-32-55/h7-50H,1-6H3. The first-order valence-corrected chi connectivity index (χ1v) is 27.2.